The fourth-order valence-electron chi connectivity index (χ4n) is 2.41. The van der Waals surface area contributed by atoms with Crippen LogP contribution in [0.5, 0.6) is 0 Å². The van der Waals surface area contributed by atoms with E-state index in [1.54, 1.807) is 0 Å². The average molecular weight is 285 g/mol. The molecule has 0 radical (unpaired) electrons. The highest BCUT2D eigenvalue weighted by Gasteiger charge is 2.04. The predicted molar refractivity (Wildman–Crippen MR) is 89.4 cm³/mol. The van der Waals surface area contributed by atoms with E-state index < -0.39 is 0 Å². The number of hydrogen-bond donors (Lipinski definition) is 2. The average Bonchev–Trinajstić information content (AvgIpc) is 2.87. The standard InChI is InChI=1S/C18H27N3/c1-13(2)11-15-5-7-16(8-6-15)17-12-20-18(21-17)9-10-19-14(3)4/h5-8,12-14,19H,9-11H2,1-4H3,(H,20,21). The van der Waals surface area contributed by atoms with Gasteiger partial charge in [0.25, 0.3) is 0 Å². The quantitative estimate of drug-likeness (QED) is 0.812. The molecule has 0 aliphatic carbocycles. The van der Waals surface area contributed by atoms with E-state index in [4.69, 9.17) is 0 Å². The van der Waals surface area contributed by atoms with Crippen molar-refractivity contribution in [1.82, 2.24) is 15.3 Å². The van der Waals surface area contributed by atoms with Crippen LogP contribution in [-0.2, 0) is 12.8 Å². The molecule has 0 atom stereocenters. The second kappa shape index (κ2) is 7.41. The summed E-state index contributed by atoms with van der Waals surface area (Å²) in [7, 11) is 0. The Morgan fingerprint density at radius 1 is 1.10 bits per heavy atom. The summed E-state index contributed by atoms with van der Waals surface area (Å²) in [6, 6.07) is 9.32. The van der Waals surface area contributed by atoms with E-state index in [9.17, 15) is 0 Å². The Bertz CT molecular complexity index is 538. The molecule has 2 rings (SSSR count). The van der Waals surface area contributed by atoms with Gasteiger partial charge in [-0.1, -0.05) is 52.0 Å². The van der Waals surface area contributed by atoms with Crippen molar-refractivity contribution >= 4 is 0 Å². The molecule has 114 valence electrons. The van der Waals surface area contributed by atoms with Crippen LogP contribution in [-0.4, -0.2) is 22.6 Å². The Kier molecular flexibility index (Phi) is 5.57. The van der Waals surface area contributed by atoms with Gasteiger partial charge in [0.15, 0.2) is 0 Å². The number of aromatic amines is 1. The number of rotatable bonds is 7. The number of hydrogen-bond acceptors (Lipinski definition) is 2. The van der Waals surface area contributed by atoms with Gasteiger partial charge >= 0.3 is 0 Å². The zero-order valence-electron chi connectivity index (χ0n) is 13.6. The monoisotopic (exact) mass is 285 g/mol. The molecule has 2 aromatic rings. The number of imidazole rings is 1. The summed E-state index contributed by atoms with van der Waals surface area (Å²) in [6.07, 6.45) is 4.00. The van der Waals surface area contributed by atoms with Crippen molar-refractivity contribution in [2.24, 2.45) is 5.92 Å². The molecule has 0 bridgehead atoms. The summed E-state index contributed by atoms with van der Waals surface area (Å²) in [4.78, 5) is 7.88. The first kappa shape index (κ1) is 15.8. The van der Waals surface area contributed by atoms with Crippen LogP contribution in [0.15, 0.2) is 30.5 Å². The Morgan fingerprint density at radius 2 is 1.81 bits per heavy atom. The lowest BCUT2D eigenvalue weighted by Crippen LogP contribution is -2.25. The lowest BCUT2D eigenvalue weighted by atomic mass is 10.0. The minimum atomic E-state index is 0.521. The molecule has 1 aromatic carbocycles. The van der Waals surface area contributed by atoms with Crippen molar-refractivity contribution in [3.05, 3.63) is 41.9 Å². The number of H-pyrrole nitrogens is 1. The van der Waals surface area contributed by atoms with E-state index in [1.165, 1.54) is 11.1 Å². The molecule has 1 heterocycles. The smallest absolute Gasteiger partial charge is 0.107 e. The van der Waals surface area contributed by atoms with Gasteiger partial charge in [-0.05, 0) is 23.5 Å². The molecule has 0 spiro atoms. The molecule has 3 heteroatoms. The van der Waals surface area contributed by atoms with Crippen LogP contribution in [0, 0.1) is 5.92 Å². The van der Waals surface area contributed by atoms with Crippen molar-refractivity contribution < 1.29 is 0 Å². The van der Waals surface area contributed by atoms with Gasteiger partial charge in [-0.2, -0.15) is 0 Å². The zero-order chi connectivity index (χ0) is 15.2. The predicted octanol–water partition coefficient (Wildman–Crippen LogP) is 3.82. The first-order valence-corrected chi connectivity index (χ1v) is 7.91. The van der Waals surface area contributed by atoms with Crippen LogP contribution >= 0.6 is 0 Å². The third-order valence-electron chi connectivity index (χ3n) is 3.45. The number of nitrogens with zero attached hydrogens (tertiary/aromatic N) is 1. The fraction of sp³-hybridized carbons (Fsp3) is 0.500. The SMILES string of the molecule is CC(C)Cc1ccc(-c2cnc(CCNC(C)C)[nH]2)cc1. The van der Waals surface area contributed by atoms with Crippen LogP contribution in [0.3, 0.4) is 0 Å². The molecule has 0 aliphatic heterocycles. The molecule has 0 aliphatic rings. The molecule has 0 amide bonds. The summed E-state index contributed by atoms with van der Waals surface area (Å²) >= 11 is 0. The molecule has 21 heavy (non-hydrogen) atoms. The highest BCUT2D eigenvalue weighted by Crippen LogP contribution is 2.19. The summed E-state index contributed by atoms with van der Waals surface area (Å²) < 4.78 is 0. The van der Waals surface area contributed by atoms with Crippen LogP contribution in [0.4, 0.5) is 0 Å². The second-order valence-corrected chi connectivity index (χ2v) is 6.40. The molecular formula is C18H27N3. The summed E-state index contributed by atoms with van der Waals surface area (Å²) in [5.74, 6) is 1.74. The van der Waals surface area contributed by atoms with Crippen LogP contribution in [0.2, 0.25) is 0 Å². The van der Waals surface area contributed by atoms with Crippen molar-refractivity contribution in [2.75, 3.05) is 6.54 Å². The maximum Gasteiger partial charge on any atom is 0.107 e. The Morgan fingerprint density at radius 3 is 2.43 bits per heavy atom. The minimum Gasteiger partial charge on any atom is -0.342 e. The minimum absolute atomic E-state index is 0.521. The molecular weight excluding hydrogens is 258 g/mol. The first-order chi connectivity index (χ1) is 10.0. The Balaban J connectivity index is 1.97. The largest absolute Gasteiger partial charge is 0.342 e. The van der Waals surface area contributed by atoms with Gasteiger partial charge in [0.1, 0.15) is 5.82 Å². The molecule has 0 fully saturated rings. The van der Waals surface area contributed by atoms with Crippen molar-refractivity contribution in [1.29, 1.82) is 0 Å². The van der Waals surface area contributed by atoms with Gasteiger partial charge in [0.05, 0.1) is 11.9 Å². The van der Waals surface area contributed by atoms with Crippen molar-refractivity contribution in [3.8, 4) is 11.3 Å². The Hall–Kier alpha value is -1.61. The van der Waals surface area contributed by atoms with Gasteiger partial charge in [0.2, 0.25) is 0 Å². The van der Waals surface area contributed by atoms with Gasteiger partial charge < -0.3 is 10.3 Å². The number of nitrogens with one attached hydrogen (secondary N) is 2. The third kappa shape index (κ3) is 5.01. The summed E-state index contributed by atoms with van der Waals surface area (Å²) in [5, 5.41) is 3.41. The third-order valence-corrected chi connectivity index (χ3v) is 3.45. The first-order valence-electron chi connectivity index (χ1n) is 7.91. The summed E-state index contributed by atoms with van der Waals surface area (Å²) in [5.41, 5.74) is 3.71. The van der Waals surface area contributed by atoms with Crippen LogP contribution < -0.4 is 5.32 Å². The lowest BCUT2D eigenvalue weighted by Gasteiger charge is -2.06. The molecule has 0 unspecified atom stereocenters. The van der Waals surface area contributed by atoms with E-state index in [0.29, 0.717) is 12.0 Å². The van der Waals surface area contributed by atoms with E-state index in [0.717, 1.165) is 30.9 Å². The van der Waals surface area contributed by atoms with Crippen LogP contribution in [0.25, 0.3) is 11.3 Å². The van der Waals surface area contributed by atoms with Crippen LogP contribution in [0.1, 0.15) is 39.1 Å². The Labute approximate surface area is 128 Å². The van der Waals surface area contributed by atoms with E-state index in [2.05, 4.69) is 67.2 Å². The summed E-state index contributed by atoms with van der Waals surface area (Å²) in [6.45, 7) is 9.77. The molecule has 1 aromatic heterocycles. The van der Waals surface area contributed by atoms with Gasteiger partial charge in [-0.15, -0.1) is 0 Å². The fourth-order valence-corrected chi connectivity index (χ4v) is 2.41. The topological polar surface area (TPSA) is 40.7 Å². The van der Waals surface area contributed by atoms with E-state index >= 15 is 0 Å². The van der Waals surface area contributed by atoms with Crippen molar-refractivity contribution in [2.45, 2.75) is 46.6 Å². The van der Waals surface area contributed by atoms with Gasteiger partial charge in [0, 0.05) is 19.0 Å². The zero-order valence-corrected chi connectivity index (χ0v) is 13.6. The van der Waals surface area contributed by atoms with E-state index in [1.807, 2.05) is 6.20 Å². The molecule has 0 saturated heterocycles. The molecule has 2 N–H and O–H groups in total. The highest BCUT2D eigenvalue weighted by molar-refractivity contribution is 5.58. The highest BCUT2D eigenvalue weighted by atomic mass is 14.9. The second-order valence-electron chi connectivity index (χ2n) is 6.40. The molecule has 0 saturated carbocycles. The molecule has 3 nitrogen and oxygen atoms in total. The van der Waals surface area contributed by atoms with Gasteiger partial charge in [-0.3, -0.25) is 0 Å². The maximum atomic E-state index is 4.46. The normalized spacial score (nSPS) is 11.5. The maximum absolute atomic E-state index is 4.46. The lowest BCUT2D eigenvalue weighted by molar-refractivity contribution is 0.584. The number of aromatic nitrogens is 2. The van der Waals surface area contributed by atoms with E-state index in [-0.39, 0.29) is 0 Å². The van der Waals surface area contributed by atoms with Crippen molar-refractivity contribution in [3.63, 3.8) is 0 Å². The number of benzene rings is 1. The van der Waals surface area contributed by atoms with Gasteiger partial charge in [-0.25, -0.2) is 4.98 Å².